The van der Waals surface area contributed by atoms with E-state index in [-0.39, 0.29) is 17.0 Å². The zero-order chi connectivity index (χ0) is 14.8. The van der Waals surface area contributed by atoms with Gasteiger partial charge in [-0.3, -0.25) is 0 Å². The Morgan fingerprint density at radius 3 is 2.41 bits per heavy atom. The van der Waals surface area contributed by atoms with Crippen LogP contribution >= 0.6 is 22.7 Å². The number of halogens is 1. The molecular weight excluding hydrogens is 382 g/mol. The molecule has 0 saturated heterocycles. The Balaban J connectivity index is 0.00000176. The van der Waals surface area contributed by atoms with Crippen LogP contribution in [0, 0.1) is 13.8 Å². The number of aromatic nitrogens is 2. The first-order chi connectivity index (χ1) is 10.2. The van der Waals surface area contributed by atoms with Gasteiger partial charge >= 0.3 is 0 Å². The van der Waals surface area contributed by atoms with Crippen LogP contribution in [0.5, 0.6) is 5.75 Å². The van der Waals surface area contributed by atoms with E-state index in [1.54, 1.807) is 29.8 Å². The Morgan fingerprint density at radius 1 is 1.09 bits per heavy atom. The summed E-state index contributed by atoms with van der Waals surface area (Å²) in [6, 6.07) is 7.80. The van der Waals surface area contributed by atoms with E-state index in [1.165, 1.54) is 0 Å². The van der Waals surface area contributed by atoms with Gasteiger partial charge in [0, 0.05) is 11.1 Å². The van der Waals surface area contributed by atoms with Crippen molar-refractivity contribution in [2.24, 2.45) is 0 Å². The second kappa shape index (κ2) is 7.21. The predicted octanol–water partition coefficient (Wildman–Crippen LogP) is 1.64. The lowest BCUT2D eigenvalue weighted by molar-refractivity contribution is -0.00000466. The van der Waals surface area contributed by atoms with E-state index in [1.807, 2.05) is 38.1 Å². The summed E-state index contributed by atoms with van der Waals surface area (Å²) in [5.41, 5.74) is 3.02. The maximum Gasteiger partial charge on any atom is 0.187 e. The summed E-state index contributed by atoms with van der Waals surface area (Å²) in [6.07, 6.45) is 0. The number of benzene rings is 1. The van der Waals surface area contributed by atoms with Crippen molar-refractivity contribution in [1.82, 2.24) is 9.97 Å². The van der Waals surface area contributed by atoms with Crippen LogP contribution in [0.4, 0.5) is 10.8 Å². The van der Waals surface area contributed by atoms with Gasteiger partial charge in [-0.2, -0.15) is 0 Å². The summed E-state index contributed by atoms with van der Waals surface area (Å²) in [4.78, 5) is 10.2. The summed E-state index contributed by atoms with van der Waals surface area (Å²) < 4.78 is 5.15. The third-order valence-electron chi connectivity index (χ3n) is 2.98. The molecule has 0 spiro atoms. The summed E-state index contributed by atoms with van der Waals surface area (Å²) in [6.45, 7) is 4.04. The average Bonchev–Trinajstić information content (AvgIpc) is 3.06. The number of thiazole rings is 2. The van der Waals surface area contributed by atoms with Crippen molar-refractivity contribution in [3.63, 3.8) is 0 Å². The molecule has 0 bridgehead atoms. The van der Waals surface area contributed by atoms with E-state index in [0.717, 1.165) is 37.8 Å². The number of nitrogens with one attached hydrogen (secondary N) is 1. The van der Waals surface area contributed by atoms with Crippen LogP contribution in [0.2, 0.25) is 0 Å². The molecule has 22 heavy (non-hydrogen) atoms. The zero-order valence-corrected chi connectivity index (χ0v) is 15.6. The van der Waals surface area contributed by atoms with Crippen molar-refractivity contribution in [2.45, 2.75) is 13.8 Å². The minimum atomic E-state index is 0. The summed E-state index contributed by atoms with van der Waals surface area (Å²) in [5, 5.41) is 7.31. The molecular formula is C15H15BrN3OS2-. The van der Waals surface area contributed by atoms with Gasteiger partial charge in [0.05, 0.1) is 28.4 Å². The molecule has 4 nitrogen and oxygen atoms in total. The number of hydrogen-bond acceptors (Lipinski definition) is 6. The minimum Gasteiger partial charge on any atom is -1.00 e. The molecule has 3 aromatic rings. The number of hydrogen-bond donors (Lipinski definition) is 1. The Kier molecular flexibility index (Phi) is 5.55. The van der Waals surface area contributed by atoms with Crippen molar-refractivity contribution < 1.29 is 21.7 Å². The second-order valence-electron chi connectivity index (χ2n) is 4.54. The van der Waals surface area contributed by atoms with Crippen molar-refractivity contribution in [3.8, 4) is 16.3 Å². The number of anilines is 2. The molecule has 0 amide bonds. The summed E-state index contributed by atoms with van der Waals surface area (Å²) >= 11 is 3.27. The third kappa shape index (κ3) is 3.66. The third-order valence-corrected chi connectivity index (χ3v) is 4.83. The standard InChI is InChI=1S/C15H15N3OS2.BrH/c1-9-14(21-10(2)16-9)13-8-20-15(18-13)17-11-4-6-12(19-3)7-5-11;/h4-8H,1-3H3,(H,17,18);1H/p-1. The molecule has 0 aliphatic rings. The molecule has 3 rings (SSSR count). The van der Waals surface area contributed by atoms with Crippen LogP contribution in [0.1, 0.15) is 10.7 Å². The van der Waals surface area contributed by atoms with Gasteiger partial charge in [-0.1, -0.05) is 0 Å². The van der Waals surface area contributed by atoms with Gasteiger partial charge in [0.25, 0.3) is 0 Å². The summed E-state index contributed by atoms with van der Waals surface area (Å²) in [5.74, 6) is 0.844. The number of methoxy groups -OCH3 is 1. The molecule has 0 atom stereocenters. The van der Waals surface area contributed by atoms with Crippen LogP contribution in [-0.2, 0) is 0 Å². The largest absolute Gasteiger partial charge is 1.00 e. The molecule has 0 radical (unpaired) electrons. The van der Waals surface area contributed by atoms with Gasteiger partial charge in [-0.05, 0) is 38.1 Å². The highest BCUT2D eigenvalue weighted by atomic mass is 79.9. The summed E-state index contributed by atoms with van der Waals surface area (Å²) in [7, 11) is 1.66. The highest BCUT2D eigenvalue weighted by Gasteiger charge is 2.11. The van der Waals surface area contributed by atoms with Crippen molar-refractivity contribution in [1.29, 1.82) is 0 Å². The molecule has 1 aromatic carbocycles. The topological polar surface area (TPSA) is 47.0 Å². The van der Waals surface area contributed by atoms with E-state index in [9.17, 15) is 0 Å². The van der Waals surface area contributed by atoms with E-state index in [0.29, 0.717) is 0 Å². The molecule has 0 unspecified atom stereocenters. The zero-order valence-electron chi connectivity index (χ0n) is 12.4. The van der Waals surface area contributed by atoms with Crippen LogP contribution in [0.25, 0.3) is 10.6 Å². The van der Waals surface area contributed by atoms with E-state index >= 15 is 0 Å². The van der Waals surface area contributed by atoms with Crippen molar-refractivity contribution in [2.75, 3.05) is 12.4 Å². The van der Waals surface area contributed by atoms with Crippen LogP contribution in [0.15, 0.2) is 29.6 Å². The Morgan fingerprint density at radius 2 is 1.82 bits per heavy atom. The smallest absolute Gasteiger partial charge is 0.187 e. The molecule has 7 heteroatoms. The molecule has 2 heterocycles. The quantitative estimate of drug-likeness (QED) is 0.727. The van der Waals surface area contributed by atoms with Crippen molar-refractivity contribution in [3.05, 3.63) is 40.3 Å². The first-order valence-electron chi connectivity index (χ1n) is 6.46. The molecule has 0 fully saturated rings. The fraction of sp³-hybridized carbons (Fsp3) is 0.200. The molecule has 2 aromatic heterocycles. The van der Waals surface area contributed by atoms with E-state index in [4.69, 9.17) is 4.74 Å². The highest BCUT2D eigenvalue weighted by molar-refractivity contribution is 7.16. The lowest BCUT2D eigenvalue weighted by atomic mass is 10.3. The van der Waals surface area contributed by atoms with Gasteiger partial charge in [0.15, 0.2) is 5.13 Å². The number of aryl methyl sites for hydroxylation is 2. The normalized spacial score (nSPS) is 10.1. The number of ether oxygens (including phenoxy) is 1. The Bertz CT molecular complexity index is 752. The Labute approximate surface area is 148 Å². The van der Waals surface area contributed by atoms with Gasteiger partial charge < -0.3 is 27.0 Å². The maximum atomic E-state index is 5.15. The minimum absolute atomic E-state index is 0. The molecule has 1 N–H and O–H groups in total. The molecule has 0 aliphatic carbocycles. The van der Waals surface area contributed by atoms with Crippen molar-refractivity contribution >= 4 is 33.5 Å². The van der Waals surface area contributed by atoms with Crippen LogP contribution in [0.3, 0.4) is 0 Å². The van der Waals surface area contributed by atoms with Gasteiger partial charge in [-0.25, -0.2) is 9.97 Å². The van der Waals surface area contributed by atoms with Gasteiger partial charge in [0.1, 0.15) is 5.75 Å². The van der Waals surface area contributed by atoms with Gasteiger partial charge in [0.2, 0.25) is 0 Å². The van der Waals surface area contributed by atoms with Crippen LogP contribution < -0.4 is 27.0 Å². The molecule has 116 valence electrons. The molecule has 0 aliphatic heterocycles. The predicted molar refractivity (Wildman–Crippen MR) is 89.0 cm³/mol. The van der Waals surface area contributed by atoms with Gasteiger partial charge in [-0.15, -0.1) is 22.7 Å². The SMILES string of the molecule is COc1ccc(Nc2nc(-c3sc(C)nc3C)cs2)cc1.[Br-]. The Hall–Kier alpha value is -1.44. The average molecular weight is 397 g/mol. The number of nitrogens with zero attached hydrogens (tertiary/aromatic N) is 2. The first-order valence-corrected chi connectivity index (χ1v) is 8.16. The first kappa shape index (κ1) is 16.9. The lowest BCUT2D eigenvalue weighted by Crippen LogP contribution is -3.00. The fourth-order valence-corrected chi connectivity index (χ4v) is 3.68. The number of rotatable bonds is 4. The van der Waals surface area contributed by atoms with E-state index < -0.39 is 0 Å². The highest BCUT2D eigenvalue weighted by Crippen LogP contribution is 2.33. The van der Waals surface area contributed by atoms with E-state index in [2.05, 4.69) is 20.7 Å². The molecule has 0 saturated carbocycles. The maximum absolute atomic E-state index is 5.15. The van der Waals surface area contributed by atoms with Crippen LogP contribution in [-0.4, -0.2) is 17.1 Å². The second-order valence-corrected chi connectivity index (χ2v) is 6.60. The lowest BCUT2D eigenvalue weighted by Gasteiger charge is -2.03. The monoisotopic (exact) mass is 396 g/mol. The fourth-order valence-electron chi connectivity index (χ4n) is 2.00.